The molecule has 0 spiro atoms. The van der Waals surface area contributed by atoms with Crippen molar-refractivity contribution < 1.29 is 23.7 Å². The third-order valence-electron chi connectivity index (χ3n) is 2.66. The summed E-state index contributed by atoms with van der Waals surface area (Å²) in [5.74, 6) is 0. The molecule has 148 valence electrons. The maximum absolute atomic E-state index is 5.39. The minimum atomic E-state index is 0.582. The number of rotatable bonds is 19. The van der Waals surface area contributed by atoms with Crippen molar-refractivity contribution in [3.63, 3.8) is 0 Å². The Morgan fingerprint density at radius 3 is 1.21 bits per heavy atom. The summed E-state index contributed by atoms with van der Waals surface area (Å²) in [6.07, 6.45) is 0. The summed E-state index contributed by atoms with van der Waals surface area (Å²) in [5.41, 5.74) is 0. The number of nitrogens with one attached hydrogen (secondary N) is 2. The van der Waals surface area contributed by atoms with Crippen LogP contribution in [-0.2, 0) is 23.7 Å². The van der Waals surface area contributed by atoms with E-state index in [-0.39, 0.29) is 0 Å². The Balaban J connectivity index is 0. The molecule has 0 aromatic heterocycles. The molecule has 0 radical (unpaired) electrons. The lowest BCUT2D eigenvalue weighted by molar-refractivity contribution is -0.0105. The van der Waals surface area contributed by atoms with Crippen LogP contribution in [0.15, 0.2) is 0 Å². The predicted molar refractivity (Wildman–Crippen MR) is 97.9 cm³/mol. The van der Waals surface area contributed by atoms with Gasteiger partial charge in [0.15, 0.2) is 0 Å². The molecule has 0 rings (SSSR count). The highest BCUT2D eigenvalue weighted by atomic mass is 16.6. The first-order valence-corrected chi connectivity index (χ1v) is 9.15. The molecule has 0 saturated heterocycles. The Labute approximate surface area is 148 Å². The lowest BCUT2D eigenvalue weighted by Gasteiger charge is -2.08. The quantitative estimate of drug-likeness (QED) is 0.335. The summed E-state index contributed by atoms with van der Waals surface area (Å²) < 4.78 is 26.8. The summed E-state index contributed by atoms with van der Waals surface area (Å²) in [6, 6.07) is 0. The molecule has 0 aliphatic carbocycles. The Bertz CT molecular complexity index is 180. The molecular formula is C17H40N2O5. The van der Waals surface area contributed by atoms with Gasteiger partial charge in [0.1, 0.15) is 0 Å². The number of hydrogen-bond donors (Lipinski definition) is 2. The SMILES string of the molecule is CC.CCNCCOCCOCCOCCOCCOCCNC. The van der Waals surface area contributed by atoms with Crippen molar-refractivity contribution in [2.75, 3.05) is 92.8 Å². The number of ether oxygens (including phenoxy) is 5. The van der Waals surface area contributed by atoms with E-state index in [2.05, 4.69) is 17.6 Å². The molecule has 0 aliphatic rings. The van der Waals surface area contributed by atoms with Crippen LogP contribution in [0, 0.1) is 0 Å². The zero-order valence-corrected chi connectivity index (χ0v) is 16.2. The number of hydrogen-bond acceptors (Lipinski definition) is 7. The molecule has 0 bridgehead atoms. The molecule has 0 saturated carbocycles. The van der Waals surface area contributed by atoms with Crippen LogP contribution < -0.4 is 10.6 Å². The average Bonchev–Trinajstić information content (AvgIpc) is 2.62. The third kappa shape index (κ3) is 26.6. The van der Waals surface area contributed by atoms with E-state index in [9.17, 15) is 0 Å². The van der Waals surface area contributed by atoms with E-state index >= 15 is 0 Å². The van der Waals surface area contributed by atoms with Gasteiger partial charge in [-0.15, -0.1) is 0 Å². The lowest BCUT2D eigenvalue weighted by Crippen LogP contribution is -2.20. The zero-order chi connectivity index (χ0) is 18.1. The highest BCUT2D eigenvalue weighted by Crippen LogP contribution is 1.83. The van der Waals surface area contributed by atoms with Gasteiger partial charge in [-0.3, -0.25) is 0 Å². The van der Waals surface area contributed by atoms with Crippen molar-refractivity contribution in [1.29, 1.82) is 0 Å². The fourth-order valence-electron chi connectivity index (χ4n) is 1.48. The Morgan fingerprint density at radius 2 is 0.875 bits per heavy atom. The molecule has 7 heteroatoms. The highest BCUT2D eigenvalue weighted by Gasteiger charge is 1.93. The Morgan fingerprint density at radius 1 is 0.542 bits per heavy atom. The van der Waals surface area contributed by atoms with Crippen molar-refractivity contribution in [1.82, 2.24) is 10.6 Å². The van der Waals surface area contributed by atoms with E-state index in [0.29, 0.717) is 59.5 Å². The van der Waals surface area contributed by atoms with Crippen molar-refractivity contribution in [3.05, 3.63) is 0 Å². The first-order chi connectivity index (χ1) is 11.9. The molecule has 0 fully saturated rings. The van der Waals surface area contributed by atoms with Gasteiger partial charge in [0, 0.05) is 13.1 Å². The van der Waals surface area contributed by atoms with Crippen LogP contribution in [-0.4, -0.2) is 92.8 Å². The molecule has 0 heterocycles. The van der Waals surface area contributed by atoms with E-state index < -0.39 is 0 Å². The van der Waals surface area contributed by atoms with Crippen LogP contribution in [0.1, 0.15) is 20.8 Å². The molecule has 0 aliphatic heterocycles. The summed E-state index contributed by atoms with van der Waals surface area (Å²) in [7, 11) is 1.90. The topological polar surface area (TPSA) is 70.2 Å². The van der Waals surface area contributed by atoms with Crippen molar-refractivity contribution in [3.8, 4) is 0 Å². The summed E-state index contributed by atoms with van der Waals surface area (Å²) in [4.78, 5) is 0. The van der Waals surface area contributed by atoms with Crippen LogP contribution >= 0.6 is 0 Å². The molecule has 0 aromatic rings. The van der Waals surface area contributed by atoms with Crippen molar-refractivity contribution >= 4 is 0 Å². The molecule has 2 N–H and O–H groups in total. The van der Waals surface area contributed by atoms with E-state index in [1.165, 1.54) is 0 Å². The molecule has 7 nitrogen and oxygen atoms in total. The van der Waals surface area contributed by atoms with Crippen LogP contribution in [0.25, 0.3) is 0 Å². The highest BCUT2D eigenvalue weighted by molar-refractivity contribution is 4.40. The van der Waals surface area contributed by atoms with E-state index in [1.807, 2.05) is 20.9 Å². The van der Waals surface area contributed by atoms with E-state index in [0.717, 1.165) is 26.2 Å². The van der Waals surface area contributed by atoms with Crippen molar-refractivity contribution in [2.45, 2.75) is 20.8 Å². The average molecular weight is 353 g/mol. The largest absolute Gasteiger partial charge is 0.378 e. The van der Waals surface area contributed by atoms with E-state index in [4.69, 9.17) is 23.7 Å². The Hall–Kier alpha value is -0.280. The van der Waals surface area contributed by atoms with Gasteiger partial charge in [-0.25, -0.2) is 0 Å². The summed E-state index contributed by atoms with van der Waals surface area (Å²) in [5, 5.41) is 6.21. The molecule has 0 aromatic carbocycles. The lowest BCUT2D eigenvalue weighted by atomic mass is 10.6. The minimum Gasteiger partial charge on any atom is -0.378 e. The standard InChI is InChI=1S/C15H34N2O5.C2H6/c1-3-17-5-7-19-9-11-21-13-15-22-14-12-20-10-8-18-6-4-16-2;1-2/h16-17H,3-15H2,1-2H3;1-2H3. The second-order valence-electron chi connectivity index (χ2n) is 4.52. The van der Waals surface area contributed by atoms with Gasteiger partial charge in [0.05, 0.1) is 66.1 Å². The summed E-state index contributed by atoms with van der Waals surface area (Å²) in [6.45, 7) is 15.0. The molecule has 0 amide bonds. The van der Waals surface area contributed by atoms with E-state index in [1.54, 1.807) is 0 Å². The van der Waals surface area contributed by atoms with Gasteiger partial charge in [0.2, 0.25) is 0 Å². The van der Waals surface area contributed by atoms with Crippen LogP contribution in [0.4, 0.5) is 0 Å². The zero-order valence-electron chi connectivity index (χ0n) is 16.2. The van der Waals surface area contributed by atoms with Gasteiger partial charge in [0.25, 0.3) is 0 Å². The fourth-order valence-corrected chi connectivity index (χ4v) is 1.48. The normalized spacial score (nSPS) is 10.5. The minimum absolute atomic E-state index is 0.582. The van der Waals surface area contributed by atoms with Gasteiger partial charge in [-0.2, -0.15) is 0 Å². The van der Waals surface area contributed by atoms with Crippen LogP contribution in [0.5, 0.6) is 0 Å². The monoisotopic (exact) mass is 352 g/mol. The molecular weight excluding hydrogens is 312 g/mol. The first-order valence-electron chi connectivity index (χ1n) is 9.15. The molecule has 0 atom stereocenters. The predicted octanol–water partition coefficient (Wildman–Crippen LogP) is 0.925. The van der Waals surface area contributed by atoms with Gasteiger partial charge in [-0.05, 0) is 13.6 Å². The van der Waals surface area contributed by atoms with Gasteiger partial charge >= 0.3 is 0 Å². The van der Waals surface area contributed by atoms with Crippen LogP contribution in [0.3, 0.4) is 0 Å². The molecule has 0 unspecified atom stereocenters. The van der Waals surface area contributed by atoms with Gasteiger partial charge < -0.3 is 34.3 Å². The smallest absolute Gasteiger partial charge is 0.0701 e. The Kier molecular flexibility index (Phi) is 29.8. The second kappa shape index (κ2) is 27.6. The number of likely N-dealkylation sites (N-methyl/N-ethyl adjacent to an activating group) is 2. The third-order valence-corrected chi connectivity index (χ3v) is 2.66. The summed E-state index contributed by atoms with van der Waals surface area (Å²) >= 11 is 0. The van der Waals surface area contributed by atoms with Gasteiger partial charge in [-0.1, -0.05) is 20.8 Å². The second-order valence-corrected chi connectivity index (χ2v) is 4.52. The first kappa shape index (κ1) is 26.0. The fraction of sp³-hybridized carbons (Fsp3) is 1.00. The molecule has 24 heavy (non-hydrogen) atoms. The maximum atomic E-state index is 5.39. The maximum Gasteiger partial charge on any atom is 0.0701 e. The van der Waals surface area contributed by atoms with Crippen molar-refractivity contribution in [2.24, 2.45) is 0 Å². The van der Waals surface area contributed by atoms with Crippen LogP contribution in [0.2, 0.25) is 0 Å².